The number of carbonyl (C=O) groups excluding carboxylic acids is 1. The summed E-state index contributed by atoms with van der Waals surface area (Å²) in [6, 6.07) is 7.32. The third-order valence-corrected chi connectivity index (χ3v) is 4.97. The lowest BCUT2D eigenvalue weighted by Gasteiger charge is -2.12. The van der Waals surface area contributed by atoms with E-state index in [1.807, 2.05) is 18.4 Å². The summed E-state index contributed by atoms with van der Waals surface area (Å²) >= 11 is 4.74. The molecule has 1 aliphatic carbocycles. The summed E-state index contributed by atoms with van der Waals surface area (Å²) in [5, 5.41) is 3.41. The summed E-state index contributed by atoms with van der Waals surface area (Å²) in [5.41, 5.74) is 2.28. The second-order valence-electron chi connectivity index (χ2n) is 5.32. The number of fused-ring (bicyclic) bond motifs is 1. The molecule has 3 rings (SSSR count). The number of carbonyl (C=O) groups is 1. The van der Waals surface area contributed by atoms with Crippen LogP contribution in [0.3, 0.4) is 0 Å². The largest absolute Gasteiger partial charge is 0.325 e. The first-order valence-electron chi connectivity index (χ1n) is 7.30. The van der Waals surface area contributed by atoms with Crippen molar-refractivity contribution in [1.82, 2.24) is 9.55 Å². The van der Waals surface area contributed by atoms with E-state index in [4.69, 9.17) is 0 Å². The van der Waals surface area contributed by atoms with E-state index in [1.165, 1.54) is 16.3 Å². The van der Waals surface area contributed by atoms with Crippen LogP contribution in [0.25, 0.3) is 0 Å². The molecule has 1 aliphatic rings. The highest BCUT2D eigenvalue weighted by Crippen LogP contribution is 2.20. The molecule has 0 unspecified atom stereocenters. The van der Waals surface area contributed by atoms with Gasteiger partial charge in [0, 0.05) is 15.7 Å². The van der Waals surface area contributed by atoms with Gasteiger partial charge in [-0.25, -0.2) is 4.98 Å². The number of anilines is 1. The molecule has 0 spiro atoms. The Balaban J connectivity index is 1.83. The van der Waals surface area contributed by atoms with Gasteiger partial charge in [-0.3, -0.25) is 14.2 Å². The smallest absolute Gasteiger partial charge is 0.258 e. The topological polar surface area (TPSA) is 64.0 Å². The maximum Gasteiger partial charge on any atom is 0.258 e. The van der Waals surface area contributed by atoms with E-state index in [9.17, 15) is 9.59 Å². The number of benzene rings is 1. The van der Waals surface area contributed by atoms with Crippen molar-refractivity contribution < 1.29 is 4.79 Å². The molecule has 1 N–H and O–H groups in total. The first-order chi connectivity index (χ1) is 11.1. The van der Waals surface area contributed by atoms with E-state index in [2.05, 4.69) is 26.2 Å². The molecule has 1 heterocycles. The van der Waals surface area contributed by atoms with Gasteiger partial charge in [0.25, 0.3) is 5.56 Å². The molecule has 1 aromatic carbocycles. The quantitative estimate of drug-likeness (QED) is 0.640. The summed E-state index contributed by atoms with van der Waals surface area (Å²) in [6.45, 7) is -0.0225. The van der Waals surface area contributed by atoms with Gasteiger partial charge in [-0.2, -0.15) is 0 Å². The fourth-order valence-electron chi connectivity index (χ4n) is 2.68. The maximum absolute atomic E-state index is 12.6. The predicted molar refractivity (Wildman–Crippen MR) is 95.1 cm³/mol. The van der Waals surface area contributed by atoms with Crippen LogP contribution in [0.5, 0.6) is 0 Å². The Kier molecular flexibility index (Phi) is 4.87. The number of aromatic nitrogens is 2. The van der Waals surface area contributed by atoms with E-state index in [-0.39, 0.29) is 18.0 Å². The lowest BCUT2D eigenvalue weighted by molar-refractivity contribution is -0.116. The number of aryl methyl sites for hydroxylation is 1. The molecule has 1 aromatic heterocycles. The molecule has 23 heavy (non-hydrogen) atoms. The van der Waals surface area contributed by atoms with E-state index < -0.39 is 0 Å². The average Bonchev–Trinajstić information content (AvgIpc) is 3.01. The third kappa shape index (κ3) is 3.50. The minimum atomic E-state index is -0.232. The SMILES string of the molecule is CSc1nc2c(c(=O)n1CC(=O)Nc1ccc(Br)cc1)CCC2. The summed E-state index contributed by atoms with van der Waals surface area (Å²) in [7, 11) is 0. The zero-order valence-electron chi connectivity index (χ0n) is 12.6. The van der Waals surface area contributed by atoms with Crippen LogP contribution in [-0.4, -0.2) is 21.7 Å². The van der Waals surface area contributed by atoms with Crippen molar-refractivity contribution in [3.63, 3.8) is 0 Å². The molecule has 0 saturated carbocycles. The molecule has 0 bridgehead atoms. The lowest BCUT2D eigenvalue weighted by atomic mass is 10.2. The van der Waals surface area contributed by atoms with Gasteiger partial charge in [-0.05, 0) is 49.8 Å². The van der Waals surface area contributed by atoms with Crippen molar-refractivity contribution in [3.05, 3.63) is 50.3 Å². The van der Waals surface area contributed by atoms with E-state index in [0.29, 0.717) is 10.8 Å². The van der Waals surface area contributed by atoms with Gasteiger partial charge < -0.3 is 5.32 Å². The number of thioether (sulfide) groups is 1. The zero-order valence-corrected chi connectivity index (χ0v) is 15.0. The molecule has 0 aliphatic heterocycles. The zero-order chi connectivity index (χ0) is 16.4. The van der Waals surface area contributed by atoms with Crippen molar-refractivity contribution in [2.75, 3.05) is 11.6 Å². The van der Waals surface area contributed by atoms with Crippen molar-refractivity contribution in [2.24, 2.45) is 0 Å². The maximum atomic E-state index is 12.6. The highest BCUT2D eigenvalue weighted by Gasteiger charge is 2.21. The summed E-state index contributed by atoms with van der Waals surface area (Å²) < 4.78 is 2.42. The number of nitrogens with zero attached hydrogens (tertiary/aromatic N) is 2. The van der Waals surface area contributed by atoms with Crippen LogP contribution in [0.15, 0.2) is 38.7 Å². The summed E-state index contributed by atoms with van der Waals surface area (Å²) in [6.07, 6.45) is 4.43. The van der Waals surface area contributed by atoms with Crippen LogP contribution in [0.1, 0.15) is 17.7 Å². The van der Waals surface area contributed by atoms with Crippen molar-refractivity contribution in [1.29, 1.82) is 0 Å². The Bertz CT molecular complexity index is 802. The molecule has 1 amide bonds. The third-order valence-electron chi connectivity index (χ3n) is 3.77. The molecule has 0 radical (unpaired) electrons. The molecule has 5 nitrogen and oxygen atoms in total. The van der Waals surface area contributed by atoms with Crippen molar-refractivity contribution in [2.45, 2.75) is 31.0 Å². The van der Waals surface area contributed by atoms with Gasteiger partial charge in [-0.15, -0.1) is 0 Å². The van der Waals surface area contributed by atoms with Crippen molar-refractivity contribution >= 4 is 39.3 Å². The standard InChI is InChI=1S/C16H16BrN3O2S/c1-23-16-19-13-4-2-3-12(13)15(22)20(16)9-14(21)18-11-7-5-10(17)6-8-11/h5-8H,2-4,9H2,1H3,(H,18,21). The number of rotatable bonds is 4. The molecule has 0 fully saturated rings. The van der Waals surface area contributed by atoms with Crippen LogP contribution in [0.2, 0.25) is 0 Å². The van der Waals surface area contributed by atoms with Gasteiger partial charge in [0.05, 0.1) is 5.69 Å². The van der Waals surface area contributed by atoms with E-state index in [1.54, 1.807) is 12.1 Å². The van der Waals surface area contributed by atoms with Crippen LogP contribution in [0, 0.1) is 0 Å². The van der Waals surface area contributed by atoms with Gasteiger partial charge in [0.15, 0.2) is 5.16 Å². The molecule has 0 atom stereocenters. The minimum Gasteiger partial charge on any atom is -0.325 e. The van der Waals surface area contributed by atoms with E-state index in [0.717, 1.165) is 35.0 Å². The minimum absolute atomic E-state index is 0.0225. The predicted octanol–water partition coefficient (Wildman–Crippen LogP) is 2.86. The number of hydrogen-bond donors (Lipinski definition) is 1. The molecule has 0 saturated heterocycles. The Labute approximate surface area is 146 Å². The van der Waals surface area contributed by atoms with Crippen LogP contribution in [-0.2, 0) is 24.2 Å². The lowest BCUT2D eigenvalue weighted by Crippen LogP contribution is -2.31. The second-order valence-corrected chi connectivity index (χ2v) is 7.01. The van der Waals surface area contributed by atoms with Crippen molar-refractivity contribution in [3.8, 4) is 0 Å². The van der Waals surface area contributed by atoms with Crippen LogP contribution in [0.4, 0.5) is 5.69 Å². The second kappa shape index (κ2) is 6.88. The van der Waals surface area contributed by atoms with E-state index >= 15 is 0 Å². The monoisotopic (exact) mass is 393 g/mol. The summed E-state index contributed by atoms with van der Waals surface area (Å²) in [4.78, 5) is 29.4. The highest BCUT2D eigenvalue weighted by atomic mass is 79.9. The summed E-state index contributed by atoms with van der Waals surface area (Å²) in [5.74, 6) is -0.232. The van der Waals surface area contributed by atoms with Gasteiger partial charge >= 0.3 is 0 Å². The Morgan fingerprint density at radius 1 is 1.35 bits per heavy atom. The van der Waals surface area contributed by atoms with Gasteiger partial charge in [0.1, 0.15) is 6.54 Å². The number of amides is 1. The molecule has 2 aromatic rings. The van der Waals surface area contributed by atoms with Gasteiger partial charge in [0.2, 0.25) is 5.91 Å². The number of hydrogen-bond acceptors (Lipinski definition) is 4. The molecule has 7 heteroatoms. The molecular formula is C16H16BrN3O2S. The first-order valence-corrected chi connectivity index (χ1v) is 9.32. The van der Waals surface area contributed by atoms with Gasteiger partial charge in [-0.1, -0.05) is 27.7 Å². The molecular weight excluding hydrogens is 378 g/mol. The number of nitrogens with one attached hydrogen (secondary N) is 1. The Morgan fingerprint density at radius 2 is 2.09 bits per heavy atom. The fraction of sp³-hybridized carbons (Fsp3) is 0.312. The first kappa shape index (κ1) is 16.3. The number of halogens is 1. The highest BCUT2D eigenvalue weighted by molar-refractivity contribution is 9.10. The molecule has 120 valence electrons. The van der Waals surface area contributed by atoms with Crippen LogP contribution < -0.4 is 10.9 Å². The Morgan fingerprint density at radius 3 is 2.78 bits per heavy atom. The average molecular weight is 394 g/mol. The van der Waals surface area contributed by atoms with Crippen LogP contribution >= 0.6 is 27.7 Å². The Hall–Kier alpha value is -1.60. The fourth-order valence-corrected chi connectivity index (χ4v) is 3.51. The normalized spacial score (nSPS) is 13.0.